The van der Waals surface area contributed by atoms with Crippen LogP contribution in [0.5, 0.6) is 5.75 Å². The van der Waals surface area contributed by atoms with E-state index in [-0.39, 0.29) is 11.9 Å². The molecule has 0 N–H and O–H groups in total. The van der Waals surface area contributed by atoms with E-state index in [1.807, 2.05) is 19.1 Å². The molecule has 0 saturated heterocycles. The van der Waals surface area contributed by atoms with Gasteiger partial charge in [0.2, 0.25) is 5.78 Å². The number of rotatable bonds is 3. The van der Waals surface area contributed by atoms with Crippen molar-refractivity contribution in [2.45, 2.75) is 45.6 Å². The second kappa shape index (κ2) is 4.28. The summed E-state index contributed by atoms with van der Waals surface area (Å²) in [6.07, 6.45) is 1.54. The Morgan fingerprint density at radius 3 is 2.75 bits per heavy atom. The zero-order valence-corrected chi connectivity index (χ0v) is 10.1. The van der Waals surface area contributed by atoms with Crippen molar-refractivity contribution in [1.82, 2.24) is 0 Å². The van der Waals surface area contributed by atoms with Crippen LogP contribution in [-0.4, -0.2) is 11.9 Å². The maximum Gasteiger partial charge on any atom is 0.207 e. The lowest BCUT2D eigenvalue weighted by molar-refractivity contribution is 0.0852. The first-order valence-corrected chi connectivity index (χ1v) is 6.02. The predicted molar refractivity (Wildman–Crippen MR) is 64.2 cm³/mol. The van der Waals surface area contributed by atoms with Crippen molar-refractivity contribution in [3.63, 3.8) is 0 Å². The average Bonchev–Trinajstić information content (AvgIpc) is 2.65. The number of carbonyl (C=O) groups is 1. The van der Waals surface area contributed by atoms with E-state index in [2.05, 4.69) is 19.9 Å². The lowest BCUT2D eigenvalue weighted by Gasteiger charge is -2.13. The fourth-order valence-corrected chi connectivity index (χ4v) is 2.13. The van der Waals surface area contributed by atoms with Gasteiger partial charge in [0.05, 0.1) is 5.56 Å². The Balaban J connectivity index is 2.44. The lowest BCUT2D eigenvalue weighted by atomic mass is 9.95. The number of ketones is 1. The standard InChI is InChI=1S/C14H18O2/c1-4-9(3)10-7-6-8-11-13(15)12(5-2)16-14(10)11/h6-9,12H,4-5H2,1-3H3. The van der Waals surface area contributed by atoms with Gasteiger partial charge < -0.3 is 4.74 Å². The number of fused-ring (bicyclic) bond motifs is 1. The van der Waals surface area contributed by atoms with Crippen molar-refractivity contribution < 1.29 is 9.53 Å². The molecule has 0 amide bonds. The maximum atomic E-state index is 12.0. The summed E-state index contributed by atoms with van der Waals surface area (Å²) < 4.78 is 5.77. The monoisotopic (exact) mass is 218 g/mol. The number of para-hydroxylation sites is 1. The Kier molecular flexibility index (Phi) is 2.99. The zero-order chi connectivity index (χ0) is 11.7. The zero-order valence-electron chi connectivity index (χ0n) is 10.1. The van der Waals surface area contributed by atoms with E-state index in [0.717, 1.165) is 24.2 Å². The molecule has 1 heterocycles. The van der Waals surface area contributed by atoms with Gasteiger partial charge in [0.1, 0.15) is 5.75 Å². The summed E-state index contributed by atoms with van der Waals surface area (Å²) in [6, 6.07) is 5.90. The molecular weight excluding hydrogens is 200 g/mol. The van der Waals surface area contributed by atoms with Crippen LogP contribution in [0, 0.1) is 0 Å². The van der Waals surface area contributed by atoms with E-state index in [4.69, 9.17) is 4.74 Å². The minimum atomic E-state index is -0.264. The second-order valence-corrected chi connectivity index (χ2v) is 4.41. The molecule has 0 spiro atoms. The fraction of sp³-hybridized carbons (Fsp3) is 0.500. The van der Waals surface area contributed by atoms with Crippen LogP contribution in [0.2, 0.25) is 0 Å². The van der Waals surface area contributed by atoms with E-state index in [1.165, 1.54) is 5.56 Å². The highest BCUT2D eigenvalue weighted by Gasteiger charge is 2.33. The van der Waals surface area contributed by atoms with Gasteiger partial charge in [-0.15, -0.1) is 0 Å². The molecule has 86 valence electrons. The van der Waals surface area contributed by atoms with Gasteiger partial charge in [0, 0.05) is 0 Å². The molecule has 16 heavy (non-hydrogen) atoms. The van der Waals surface area contributed by atoms with Crippen molar-refractivity contribution in [3.05, 3.63) is 29.3 Å². The molecule has 0 saturated carbocycles. The Labute approximate surface area is 96.6 Å². The van der Waals surface area contributed by atoms with Crippen molar-refractivity contribution in [1.29, 1.82) is 0 Å². The van der Waals surface area contributed by atoms with Gasteiger partial charge in [-0.25, -0.2) is 0 Å². The molecule has 2 unspecified atom stereocenters. The van der Waals surface area contributed by atoms with Crippen LogP contribution in [0.1, 0.15) is 55.5 Å². The Morgan fingerprint density at radius 1 is 1.38 bits per heavy atom. The minimum Gasteiger partial charge on any atom is -0.481 e. The number of carbonyl (C=O) groups excluding carboxylic acids is 1. The Hall–Kier alpha value is -1.31. The molecule has 0 bridgehead atoms. The van der Waals surface area contributed by atoms with Crippen LogP contribution in [-0.2, 0) is 0 Å². The third-order valence-electron chi connectivity index (χ3n) is 3.38. The first-order valence-electron chi connectivity index (χ1n) is 6.02. The van der Waals surface area contributed by atoms with Crippen LogP contribution < -0.4 is 4.74 Å². The number of hydrogen-bond donors (Lipinski definition) is 0. The summed E-state index contributed by atoms with van der Waals surface area (Å²) in [6.45, 7) is 6.30. The molecule has 1 aromatic carbocycles. The molecule has 1 aromatic rings. The molecular formula is C14H18O2. The molecule has 1 aliphatic heterocycles. The molecule has 2 atom stereocenters. The SMILES string of the molecule is CCC1Oc2c(cccc2C(C)CC)C1=O. The van der Waals surface area contributed by atoms with Crippen LogP contribution in [0.15, 0.2) is 18.2 Å². The van der Waals surface area contributed by atoms with Crippen LogP contribution in [0.3, 0.4) is 0 Å². The number of ether oxygens (including phenoxy) is 1. The third kappa shape index (κ3) is 1.62. The Bertz CT molecular complexity index is 409. The molecule has 2 rings (SSSR count). The van der Waals surface area contributed by atoms with E-state index < -0.39 is 0 Å². The number of hydrogen-bond acceptors (Lipinski definition) is 2. The first kappa shape index (κ1) is 11.2. The summed E-state index contributed by atoms with van der Waals surface area (Å²) in [5, 5.41) is 0. The van der Waals surface area contributed by atoms with E-state index in [9.17, 15) is 4.79 Å². The first-order chi connectivity index (χ1) is 7.69. The number of benzene rings is 1. The van der Waals surface area contributed by atoms with E-state index in [0.29, 0.717) is 5.92 Å². The predicted octanol–water partition coefficient (Wildman–Crippen LogP) is 3.55. The van der Waals surface area contributed by atoms with Gasteiger partial charge in [0.15, 0.2) is 6.10 Å². The Morgan fingerprint density at radius 2 is 2.12 bits per heavy atom. The fourth-order valence-electron chi connectivity index (χ4n) is 2.13. The molecule has 1 aliphatic rings. The highest BCUT2D eigenvalue weighted by molar-refractivity contribution is 6.04. The summed E-state index contributed by atoms with van der Waals surface area (Å²) in [5.74, 6) is 1.41. The molecule has 2 heteroatoms. The van der Waals surface area contributed by atoms with Crippen molar-refractivity contribution >= 4 is 5.78 Å². The molecule has 0 fully saturated rings. The average molecular weight is 218 g/mol. The second-order valence-electron chi connectivity index (χ2n) is 4.41. The van der Waals surface area contributed by atoms with Crippen molar-refractivity contribution in [3.8, 4) is 5.75 Å². The highest BCUT2D eigenvalue weighted by Crippen LogP contribution is 2.38. The molecule has 2 nitrogen and oxygen atoms in total. The lowest BCUT2D eigenvalue weighted by Crippen LogP contribution is -2.18. The molecule has 0 aromatic heterocycles. The highest BCUT2D eigenvalue weighted by atomic mass is 16.5. The van der Waals surface area contributed by atoms with Crippen molar-refractivity contribution in [2.24, 2.45) is 0 Å². The van der Waals surface area contributed by atoms with Gasteiger partial charge in [-0.3, -0.25) is 4.79 Å². The van der Waals surface area contributed by atoms with Crippen LogP contribution >= 0.6 is 0 Å². The van der Waals surface area contributed by atoms with Gasteiger partial charge in [-0.2, -0.15) is 0 Å². The summed E-state index contributed by atoms with van der Waals surface area (Å²) in [7, 11) is 0. The summed E-state index contributed by atoms with van der Waals surface area (Å²) in [5.41, 5.74) is 1.94. The van der Waals surface area contributed by atoms with E-state index in [1.54, 1.807) is 0 Å². The topological polar surface area (TPSA) is 26.3 Å². The summed E-state index contributed by atoms with van der Waals surface area (Å²) in [4.78, 5) is 12.0. The smallest absolute Gasteiger partial charge is 0.207 e. The van der Waals surface area contributed by atoms with Crippen LogP contribution in [0.25, 0.3) is 0 Å². The quantitative estimate of drug-likeness (QED) is 0.775. The van der Waals surface area contributed by atoms with E-state index >= 15 is 0 Å². The normalized spacial score (nSPS) is 20.4. The molecule has 0 aliphatic carbocycles. The number of Topliss-reactive ketones (excluding diaryl/α,β-unsaturated/α-hetero) is 1. The van der Waals surface area contributed by atoms with Gasteiger partial charge in [-0.05, 0) is 30.4 Å². The van der Waals surface area contributed by atoms with Gasteiger partial charge in [-0.1, -0.05) is 32.9 Å². The summed E-state index contributed by atoms with van der Waals surface area (Å²) >= 11 is 0. The minimum absolute atomic E-state index is 0.141. The largest absolute Gasteiger partial charge is 0.481 e. The third-order valence-corrected chi connectivity index (χ3v) is 3.38. The molecule has 0 radical (unpaired) electrons. The van der Waals surface area contributed by atoms with Gasteiger partial charge in [0.25, 0.3) is 0 Å². The maximum absolute atomic E-state index is 12.0. The van der Waals surface area contributed by atoms with Crippen molar-refractivity contribution in [2.75, 3.05) is 0 Å². The van der Waals surface area contributed by atoms with Gasteiger partial charge >= 0.3 is 0 Å². The van der Waals surface area contributed by atoms with Crippen LogP contribution in [0.4, 0.5) is 0 Å².